The Kier molecular flexibility index (Phi) is 8.10. The van der Waals surface area contributed by atoms with E-state index in [-0.39, 0.29) is 5.97 Å². The zero-order valence-electron chi connectivity index (χ0n) is 14.4. The molecular weight excluding hydrogens is 282 g/mol. The monoisotopic (exact) mass is 315 g/mol. The molecular formula is C17H33NO2S. The van der Waals surface area contributed by atoms with Crippen LogP contribution in [0.2, 0.25) is 0 Å². The second-order valence-corrected chi connectivity index (χ2v) is 8.54. The maximum atomic E-state index is 12.1. The molecule has 0 aliphatic heterocycles. The Balaban J connectivity index is 2.54. The molecule has 1 rings (SSSR count). The fourth-order valence-corrected chi connectivity index (χ4v) is 5.14. The molecule has 124 valence electrons. The molecule has 0 radical (unpaired) electrons. The van der Waals surface area contributed by atoms with Crippen LogP contribution in [0.15, 0.2) is 0 Å². The van der Waals surface area contributed by atoms with Gasteiger partial charge >= 0.3 is 5.97 Å². The van der Waals surface area contributed by atoms with Gasteiger partial charge < -0.3 is 10.1 Å². The summed E-state index contributed by atoms with van der Waals surface area (Å²) in [5, 5.41) is 4.61. The number of methoxy groups -OCH3 is 1. The van der Waals surface area contributed by atoms with Crippen molar-refractivity contribution < 1.29 is 9.53 Å². The predicted octanol–water partition coefficient (Wildman–Crippen LogP) is 4.01. The third-order valence-corrected chi connectivity index (χ3v) is 5.85. The van der Waals surface area contributed by atoms with Gasteiger partial charge in [0.2, 0.25) is 0 Å². The molecule has 4 atom stereocenters. The summed E-state index contributed by atoms with van der Waals surface area (Å²) in [6.07, 6.45) is 7.24. The van der Waals surface area contributed by atoms with E-state index in [1.165, 1.54) is 32.8 Å². The van der Waals surface area contributed by atoms with E-state index in [4.69, 9.17) is 4.74 Å². The van der Waals surface area contributed by atoms with Crippen LogP contribution in [0.3, 0.4) is 0 Å². The molecule has 21 heavy (non-hydrogen) atoms. The van der Waals surface area contributed by atoms with Gasteiger partial charge in [0.1, 0.15) is 5.54 Å². The molecule has 0 spiro atoms. The van der Waals surface area contributed by atoms with Crippen molar-refractivity contribution in [2.45, 2.75) is 82.3 Å². The first-order chi connectivity index (χ1) is 9.91. The first-order valence-corrected chi connectivity index (χ1v) is 9.34. The van der Waals surface area contributed by atoms with Crippen LogP contribution in [0.4, 0.5) is 0 Å². The van der Waals surface area contributed by atoms with Gasteiger partial charge in [0.05, 0.1) is 7.11 Å². The number of thioether (sulfide) groups is 1. The topological polar surface area (TPSA) is 38.3 Å². The molecule has 0 bridgehead atoms. The molecule has 0 aromatic rings. The van der Waals surface area contributed by atoms with Crippen molar-refractivity contribution in [3.63, 3.8) is 0 Å². The molecule has 0 aromatic heterocycles. The van der Waals surface area contributed by atoms with E-state index < -0.39 is 5.54 Å². The van der Waals surface area contributed by atoms with Crippen LogP contribution in [0.1, 0.15) is 66.2 Å². The molecule has 0 amide bonds. The van der Waals surface area contributed by atoms with E-state index in [2.05, 4.69) is 37.8 Å². The van der Waals surface area contributed by atoms with Crippen molar-refractivity contribution in [2.75, 3.05) is 13.7 Å². The lowest BCUT2D eigenvalue weighted by Crippen LogP contribution is -2.52. The molecule has 1 fully saturated rings. The minimum Gasteiger partial charge on any atom is -0.468 e. The SMILES string of the molecule is CCCNC(C)(CC(C)SC1CCCC(C)C1)C(=O)OC. The Bertz CT molecular complexity index is 324. The fraction of sp³-hybridized carbons (Fsp3) is 0.941. The third kappa shape index (κ3) is 6.19. The van der Waals surface area contributed by atoms with Crippen LogP contribution in [0, 0.1) is 5.92 Å². The highest BCUT2D eigenvalue weighted by molar-refractivity contribution is 8.00. The average molecular weight is 316 g/mol. The summed E-state index contributed by atoms with van der Waals surface area (Å²) in [5.41, 5.74) is -0.558. The molecule has 4 heteroatoms. The summed E-state index contributed by atoms with van der Waals surface area (Å²) >= 11 is 2.06. The lowest BCUT2D eigenvalue weighted by molar-refractivity contribution is -0.148. The molecule has 0 heterocycles. The summed E-state index contributed by atoms with van der Waals surface area (Å²) in [6.45, 7) is 9.56. The van der Waals surface area contributed by atoms with Crippen molar-refractivity contribution in [1.82, 2.24) is 5.32 Å². The van der Waals surface area contributed by atoms with Gasteiger partial charge in [-0.15, -0.1) is 0 Å². The number of hydrogen-bond donors (Lipinski definition) is 1. The molecule has 4 unspecified atom stereocenters. The number of esters is 1. The van der Waals surface area contributed by atoms with Crippen LogP contribution in [0.5, 0.6) is 0 Å². The smallest absolute Gasteiger partial charge is 0.325 e. The van der Waals surface area contributed by atoms with E-state index in [0.717, 1.165) is 30.6 Å². The summed E-state index contributed by atoms with van der Waals surface area (Å²) in [6, 6.07) is 0. The fourth-order valence-electron chi connectivity index (χ4n) is 3.31. The largest absolute Gasteiger partial charge is 0.468 e. The zero-order chi connectivity index (χ0) is 15.9. The zero-order valence-corrected chi connectivity index (χ0v) is 15.2. The van der Waals surface area contributed by atoms with E-state index >= 15 is 0 Å². The highest BCUT2D eigenvalue weighted by Crippen LogP contribution is 2.36. The van der Waals surface area contributed by atoms with Gasteiger partial charge in [-0.1, -0.05) is 33.6 Å². The Hall–Kier alpha value is -0.220. The van der Waals surface area contributed by atoms with Crippen molar-refractivity contribution in [3.05, 3.63) is 0 Å². The van der Waals surface area contributed by atoms with Gasteiger partial charge in [0.15, 0.2) is 0 Å². The molecule has 1 saturated carbocycles. The van der Waals surface area contributed by atoms with Gasteiger partial charge in [-0.3, -0.25) is 4.79 Å². The normalized spacial score (nSPS) is 26.9. The number of nitrogens with one attached hydrogen (secondary N) is 1. The second-order valence-electron chi connectivity index (χ2n) is 6.80. The van der Waals surface area contributed by atoms with Crippen LogP contribution in [-0.4, -0.2) is 35.7 Å². The van der Waals surface area contributed by atoms with Crippen molar-refractivity contribution in [3.8, 4) is 0 Å². The number of ether oxygens (including phenoxy) is 1. The highest BCUT2D eigenvalue weighted by atomic mass is 32.2. The van der Waals surface area contributed by atoms with Gasteiger partial charge in [-0.2, -0.15) is 11.8 Å². The van der Waals surface area contributed by atoms with Crippen LogP contribution < -0.4 is 5.32 Å². The molecule has 0 saturated heterocycles. The summed E-state index contributed by atoms with van der Waals surface area (Å²) in [4.78, 5) is 12.1. The van der Waals surface area contributed by atoms with Crippen molar-refractivity contribution in [2.24, 2.45) is 5.92 Å². The van der Waals surface area contributed by atoms with Gasteiger partial charge in [0, 0.05) is 10.5 Å². The van der Waals surface area contributed by atoms with Crippen molar-refractivity contribution in [1.29, 1.82) is 0 Å². The van der Waals surface area contributed by atoms with Crippen LogP contribution >= 0.6 is 11.8 Å². The first kappa shape index (κ1) is 18.8. The molecule has 1 N–H and O–H groups in total. The lowest BCUT2D eigenvalue weighted by Gasteiger charge is -2.33. The maximum absolute atomic E-state index is 12.1. The Morgan fingerprint density at radius 2 is 2.19 bits per heavy atom. The highest BCUT2D eigenvalue weighted by Gasteiger charge is 2.36. The van der Waals surface area contributed by atoms with Gasteiger partial charge in [0.25, 0.3) is 0 Å². The summed E-state index contributed by atoms with van der Waals surface area (Å²) in [5.74, 6) is 0.717. The van der Waals surface area contributed by atoms with E-state index in [0.29, 0.717) is 5.25 Å². The van der Waals surface area contributed by atoms with Gasteiger partial charge in [-0.05, 0) is 45.1 Å². The molecule has 3 nitrogen and oxygen atoms in total. The first-order valence-electron chi connectivity index (χ1n) is 8.40. The quantitative estimate of drug-likeness (QED) is 0.687. The summed E-state index contributed by atoms with van der Waals surface area (Å²) < 4.78 is 5.01. The lowest BCUT2D eigenvalue weighted by atomic mass is 9.90. The second kappa shape index (κ2) is 9.04. The maximum Gasteiger partial charge on any atom is 0.325 e. The number of hydrogen-bond acceptors (Lipinski definition) is 4. The molecule has 1 aliphatic rings. The minimum atomic E-state index is -0.558. The third-order valence-electron chi connectivity index (χ3n) is 4.41. The number of rotatable bonds is 8. The molecule has 0 aromatic carbocycles. The molecule has 1 aliphatic carbocycles. The average Bonchev–Trinajstić information content (AvgIpc) is 2.44. The Morgan fingerprint density at radius 3 is 2.76 bits per heavy atom. The Morgan fingerprint density at radius 1 is 1.48 bits per heavy atom. The van der Waals surface area contributed by atoms with Crippen LogP contribution in [-0.2, 0) is 9.53 Å². The number of carbonyl (C=O) groups is 1. The van der Waals surface area contributed by atoms with E-state index in [1.54, 1.807) is 0 Å². The van der Waals surface area contributed by atoms with Crippen molar-refractivity contribution >= 4 is 17.7 Å². The van der Waals surface area contributed by atoms with E-state index in [1.807, 2.05) is 6.92 Å². The predicted molar refractivity (Wildman–Crippen MR) is 91.8 cm³/mol. The minimum absolute atomic E-state index is 0.139. The standard InChI is InChI=1S/C17H33NO2S/c1-6-10-18-17(4,16(19)20-5)12-14(3)21-15-9-7-8-13(2)11-15/h13-15,18H,6-12H2,1-5H3. The Labute approximate surface area is 135 Å². The van der Waals surface area contributed by atoms with Gasteiger partial charge in [-0.25, -0.2) is 0 Å². The van der Waals surface area contributed by atoms with E-state index in [9.17, 15) is 4.79 Å². The van der Waals surface area contributed by atoms with Crippen LogP contribution in [0.25, 0.3) is 0 Å². The number of carbonyl (C=O) groups excluding carboxylic acids is 1. The summed E-state index contributed by atoms with van der Waals surface area (Å²) in [7, 11) is 1.48.